The van der Waals surface area contributed by atoms with E-state index in [-0.39, 0.29) is 18.0 Å². The molecule has 0 spiro atoms. The lowest BCUT2D eigenvalue weighted by Crippen LogP contribution is -2.32. The van der Waals surface area contributed by atoms with Crippen LogP contribution in [0.25, 0.3) is 0 Å². The second kappa shape index (κ2) is 5.33. The first-order valence-electron chi connectivity index (χ1n) is 5.19. The summed E-state index contributed by atoms with van der Waals surface area (Å²) in [6.45, 7) is 3.69. The average Bonchev–Trinajstić information content (AvgIpc) is 2.20. The van der Waals surface area contributed by atoms with Gasteiger partial charge in [0, 0.05) is 18.2 Å². The molecule has 0 fully saturated rings. The predicted molar refractivity (Wildman–Crippen MR) is 67.5 cm³/mol. The summed E-state index contributed by atoms with van der Waals surface area (Å²) in [6, 6.07) is 4.51. The molecule has 0 bridgehead atoms. The van der Waals surface area contributed by atoms with Gasteiger partial charge in [-0.3, -0.25) is 10.1 Å². The van der Waals surface area contributed by atoms with Crippen molar-refractivity contribution in [3.63, 3.8) is 0 Å². The number of nitro groups is 1. The minimum atomic E-state index is -0.483. The van der Waals surface area contributed by atoms with Gasteiger partial charge in [-0.25, -0.2) is 0 Å². The van der Waals surface area contributed by atoms with Gasteiger partial charge in [0.1, 0.15) is 5.69 Å². The number of halogens is 1. The van der Waals surface area contributed by atoms with E-state index in [4.69, 9.17) is 16.7 Å². The van der Waals surface area contributed by atoms with Crippen molar-refractivity contribution in [3.8, 4) is 0 Å². The van der Waals surface area contributed by atoms with Gasteiger partial charge in [0.05, 0.1) is 9.95 Å². The van der Waals surface area contributed by atoms with E-state index in [1.54, 1.807) is 6.07 Å². The van der Waals surface area contributed by atoms with E-state index in [1.165, 1.54) is 12.1 Å². The number of aliphatic hydroxyl groups excluding tert-OH is 1. The van der Waals surface area contributed by atoms with Crippen LogP contribution < -0.4 is 5.32 Å². The number of nitro benzene ring substituents is 1. The third-order valence-corrected chi connectivity index (χ3v) is 2.70. The Bertz CT molecular complexity index is 421. The summed E-state index contributed by atoms with van der Waals surface area (Å²) in [5.74, 6) is 0. The van der Waals surface area contributed by atoms with Crippen LogP contribution in [-0.2, 0) is 0 Å². The van der Waals surface area contributed by atoms with E-state index < -0.39 is 10.5 Å². The first-order chi connectivity index (χ1) is 7.87. The number of rotatable bonds is 5. The number of hydrogen-bond acceptors (Lipinski definition) is 4. The van der Waals surface area contributed by atoms with E-state index in [0.29, 0.717) is 11.4 Å². The van der Waals surface area contributed by atoms with Gasteiger partial charge in [0.2, 0.25) is 0 Å². The fraction of sp³-hybridized carbons (Fsp3) is 0.455. The molecule has 0 aliphatic carbocycles. The SMILES string of the molecule is CC(C)(CCO)Nc1c(Cl)cccc1[N+](=O)[O-]. The number of benzene rings is 1. The molecule has 1 rings (SSSR count). The van der Waals surface area contributed by atoms with Crippen LogP contribution in [0.15, 0.2) is 18.2 Å². The number of para-hydroxylation sites is 1. The number of nitrogens with zero attached hydrogens (tertiary/aromatic N) is 1. The van der Waals surface area contributed by atoms with E-state index >= 15 is 0 Å². The van der Waals surface area contributed by atoms with Crippen LogP contribution in [0.4, 0.5) is 11.4 Å². The van der Waals surface area contributed by atoms with Crippen LogP contribution in [0.2, 0.25) is 5.02 Å². The zero-order chi connectivity index (χ0) is 13.1. The smallest absolute Gasteiger partial charge is 0.293 e. The largest absolute Gasteiger partial charge is 0.396 e. The van der Waals surface area contributed by atoms with Crippen LogP contribution in [0.1, 0.15) is 20.3 Å². The summed E-state index contributed by atoms with van der Waals surface area (Å²) in [6.07, 6.45) is 0.468. The lowest BCUT2D eigenvalue weighted by Gasteiger charge is -2.27. The molecule has 0 amide bonds. The number of anilines is 1. The summed E-state index contributed by atoms with van der Waals surface area (Å²) in [7, 11) is 0. The molecule has 1 aromatic rings. The van der Waals surface area contributed by atoms with Crippen LogP contribution in [0, 0.1) is 10.1 Å². The van der Waals surface area contributed by atoms with Gasteiger partial charge in [0.25, 0.3) is 5.69 Å². The molecule has 17 heavy (non-hydrogen) atoms. The molecule has 0 aliphatic heterocycles. The van der Waals surface area contributed by atoms with Gasteiger partial charge < -0.3 is 10.4 Å². The monoisotopic (exact) mass is 258 g/mol. The molecule has 0 atom stereocenters. The first-order valence-corrected chi connectivity index (χ1v) is 5.57. The molecule has 0 aliphatic rings. The lowest BCUT2D eigenvalue weighted by atomic mass is 10.0. The quantitative estimate of drug-likeness (QED) is 0.629. The Hall–Kier alpha value is -1.33. The molecule has 1 aromatic carbocycles. The molecule has 0 heterocycles. The molecule has 2 N–H and O–H groups in total. The van der Waals surface area contributed by atoms with Gasteiger partial charge in [0.15, 0.2) is 0 Å². The minimum Gasteiger partial charge on any atom is -0.396 e. The highest BCUT2D eigenvalue weighted by molar-refractivity contribution is 6.33. The maximum Gasteiger partial charge on any atom is 0.293 e. The molecule has 0 aromatic heterocycles. The number of aliphatic hydroxyl groups is 1. The predicted octanol–water partition coefficient (Wildman–Crippen LogP) is 2.82. The Labute approximate surface area is 105 Å². The van der Waals surface area contributed by atoms with E-state index in [2.05, 4.69) is 5.32 Å². The highest BCUT2D eigenvalue weighted by Gasteiger charge is 2.24. The maximum absolute atomic E-state index is 10.9. The van der Waals surface area contributed by atoms with Crippen LogP contribution >= 0.6 is 11.6 Å². The van der Waals surface area contributed by atoms with Gasteiger partial charge in [-0.15, -0.1) is 0 Å². The third-order valence-electron chi connectivity index (χ3n) is 2.39. The molecular formula is C11H15ClN2O3. The van der Waals surface area contributed by atoms with Crippen molar-refractivity contribution in [1.82, 2.24) is 0 Å². The van der Waals surface area contributed by atoms with Crippen molar-refractivity contribution in [2.45, 2.75) is 25.8 Å². The van der Waals surface area contributed by atoms with E-state index in [1.807, 2.05) is 13.8 Å². The second-order valence-corrected chi connectivity index (χ2v) is 4.78. The standard InChI is InChI=1S/C11H15ClN2O3/c1-11(2,6-7-15)13-10-8(12)4-3-5-9(10)14(16)17/h3-5,13,15H,6-7H2,1-2H3. The maximum atomic E-state index is 10.9. The third kappa shape index (κ3) is 3.57. The fourth-order valence-electron chi connectivity index (χ4n) is 1.47. The molecule has 6 heteroatoms. The topological polar surface area (TPSA) is 75.4 Å². The van der Waals surface area contributed by atoms with Crippen molar-refractivity contribution in [3.05, 3.63) is 33.3 Å². The molecule has 0 unspecified atom stereocenters. The lowest BCUT2D eigenvalue weighted by molar-refractivity contribution is -0.384. The molecule has 0 radical (unpaired) electrons. The molecular weight excluding hydrogens is 244 g/mol. The van der Waals surface area contributed by atoms with Crippen molar-refractivity contribution < 1.29 is 10.0 Å². The van der Waals surface area contributed by atoms with Crippen molar-refractivity contribution >= 4 is 23.0 Å². The highest BCUT2D eigenvalue weighted by atomic mass is 35.5. The van der Waals surface area contributed by atoms with E-state index in [9.17, 15) is 10.1 Å². The van der Waals surface area contributed by atoms with Gasteiger partial charge >= 0.3 is 0 Å². The van der Waals surface area contributed by atoms with Crippen molar-refractivity contribution in [1.29, 1.82) is 0 Å². The number of hydrogen-bond donors (Lipinski definition) is 2. The molecule has 0 saturated carbocycles. The Morgan fingerprint density at radius 3 is 2.71 bits per heavy atom. The fourth-order valence-corrected chi connectivity index (χ4v) is 1.69. The van der Waals surface area contributed by atoms with Gasteiger partial charge in [-0.2, -0.15) is 0 Å². The Balaban J connectivity index is 3.08. The Kier molecular flexibility index (Phi) is 4.31. The molecule has 0 saturated heterocycles. The molecule has 94 valence electrons. The van der Waals surface area contributed by atoms with Crippen molar-refractivity contribution in [2.75, 3.05) is 11.9 Å². The summed E-state index contributed by atoms with van der Waals surface area (Å²) < 4.78 is 0. The van der Waals surface area contributed by atoms with Crippen LogP contribution in [0.5, 0.6) is 0 Å². The highest BCUT2D eigenvalue weighted by Crippen LogP contribution is 2.34. The number of nitrogens with one attached hydrogen (secondary N) is 1. The van der Waals surface area contributed by atoms with Crippen molar-refractivity contribution in [2.24, 2.45) is 0 Å². The zero-order valence-corrected chi connectivity index (χ0v) is 10.5. The van der Waals surface area contributed by atoms with E-state index in [0.717, 1.165) is 0 Å². The summed E-state index contributed by atoms with van der Waals surface area (Å²) >= 11 is 5.95. The first kappa shape index (κ1) is 13.7. The van der Waals surface area contributed by atoms with Gasteiger partial charge in [-0.05, 0) is 26.3 Å². The van der Waals surface area contributed by atoms with Crippen LogP contribution in [-0.4, -0.2) is 22.2 Å². The van der Waals surface area contributed by atoms with Gasteiger partial charge in [-0.1, -0.05) is 17.7 Å². The molecule has 5 nitrogen and oxygen atoms in total. The average molecular weight is 259 g/mol. The zero-order valence-electron chi connectivity index (χ0n) is 9.74. The normalized spacial score (nSPS) is 11.3. The Morgan fingerprint density at radius 1 is 1.53 bits per heavy atom. The van der Waals surface area contributed by atoms with Crippen LogP contribution in [0.3, 0.4) is 0 Å². The summed E-state index contributed by atoms with van der Waals surface area (Å²) in [5.41, 5.74) is -0.244. The second-order valence-electron chi connectivity index (χ2n) is 4.37. The summed E-state index contributed by atoms with van der Waals surface area (Å²) in [5, 5.41) is 23.1. The Morgan fingerprint density at radius 2 is 2.18 bits per heavy atom. The minimum absolute atomic E-state index is 0.00174. The summed E-state index contributed by atoms with van der Waals surface area (Å²) in [4.78, 5) is 10.4.